The molecule has 24 heavy (non-hydrogen) atoms. The van der Waals surface area contributed by atoms with E-state index in [4.69, 9.17) is 4.98 Å². The van der Waals surface area contributed by atoms with E-state index in [1.807, 2.05) is 36.5 Å². The van der Waals surface area contributed by atoms with Crippen molar-refractivity contribution in [3.63, 3.8) is 0 Å². The Balaban J connectivity index is 1.92. The van der Waals surface area contributed by atoms with Crippen molar-refractivity contribution < 1.29 is 4.92 Å². The molecule has 0 saturated carbocycles. The number of aromatic nitrogens is 2. The van der Waals surface area contributed by atoms with Gasteiger partial charge in [0.2, 0.25) is 0 Å². The summed E-state index contributed by atoms with van der Waals surface area (Å²) in [5.74, 6) is 0.678. The van der Waals surface area contributed by atoms with Gasteiger partial charge in [0.1, 0.15) is 0 Å². The first-order chi connectivity index (χ1) is 11.7. The molecule has 2 aromatic carbocycles. The van der Waals surface area contributed by atoms with E-state index in [1.165, 1.54) is 12.1 Å². The molecule has 0 fully saturated rings. The molecule has 0 bridgehead atoms. The summed E-state index contributed by atoms with van der Waals surface area (Å²) < 4.78 is 0. The third kappa shape index (κ3) is 3.65. The zero-order valence-electron chi connectivity index (χ0n) is 12.7. The minimum atomic E-state index is -0.397. The highest BCUT2D eigenvalue weighted by atomic mass is 79.9. The SMILES string of the molecule is O=[N+]([O-])c1ccc(Cc2nc(-c3ccccc3)ncc2CBr)cc1. The number of rotatable bonds is 5. The Labute approximate surface area is 147 Å². The van der Waals surface area contributed by atoms with Gasteiger partial charge in [-0.15, -0.1) is 0 Å². The number of hydrogen-bond acceptors (Lipinski definition) is 4. The van der Waals surface area contributed by atoms with Crippen molar-refractivity contribution in [1.29, 1.82) is 0 Å². The molecule has 5 nitrogen and oxygen atoms in total. The largest absolute Gasteiger partial charge is 0.269 e. The van der Waals surface area contributed by atoms with Gasteiger partial charge in [0.15, 0.2) is 5.82 Å². The molecule has 0 amide bonds. The highest BCUT2D eigenvalue weighted by molar-refractivity contribution is 9.08. The number of non-ortho nitro benzene ring substituents is 1. The third-order valence-electron chi connectivity index (χ3n) is 3.65. The fraction of sp³-hybridized carbons (Fsp3) is 0.111. The van der Waals surface area contributed by atoms with E-state index < -0.39 is 4.92 Å². The van der Waals surface area contributed by atoms with Crippen LogP contribution < -0.4 is 0 Å². The summed E-state index contributed by atoms with van der Waals surface area (Å²) >= 11 is 3.46. The van der Waals surface area contributed by atoms with Crippen LogP contribution in [0.1, 0.15) is 16.8 Å². The molecule has 0 atom stereocenters. The van der Waals surface area contributed by atoms with Gasteiger partial charge in [-0.3, -0.25) is 10.1 Å². The van der Waals surface area contributed by atoms with Gasteiger partial charge in [0.05, 0.1) is 10.6 Å². The van der Waals surface area contributed by atoms with Gasteiger partial charge in [-0.1, -0.05) is 58.4 Å². The number of hydrogen-bond donors (Lipinski definition) is 0. The molecule has 0 radical (unpaired) electrons. The predicted molar refractivity (Wildman–Crippen MR) is 96.0 cm³/mol. The second-order valence-electron chi connectivity index (χ2n) is 5.27. The van der Waals surface area contributed by atoms with Gasteiger partial charge in [-0.25, -0.2) is 9.97 Å². The maximum absolute atomic E-state index is 10.8. The van der Waals surface area contributed by atoms with Crippen LogP contribution in [0.3, 0.4) is 0 Å². The molecule has 0 aliphatic rings. The van der Waals surface area contributed by atoms with E-state index in [0.717, 1.165) is 22.4 Å². The number of nitro benzene ring substituents is 1. The Morgan fingerprint density at radius 1 is 1.04 bits per heavy atom. The number of nitrogens with zero attached hydrogens (tertiary/aromatic N) is 3. The molecule has 1 aromatic heterocycles. The molecule has 0 N–H and O–H groups in total. The Kier molecular flexibility index (Phi) is 4.96. The van der Waals surface area contributed by atoms with Crippen LogP contribution in [-0.4, -0.2) is 14.9 Å². The summed E-state index contributed by atoms with van der Waals surface area (Å²) in [4.78, 5) is 19.5. The highest BCUT2D eigenvalue weighted by Crippen LogP contribution is 2.21. The fourth-order valence-corrected chi connectivity index (χ4v) is 2.83. The molecule has 3 rings (SSSR count). The first-order valence-corrected chi connectivity index (χ1v) is 8.49. The van der Waals surface area contributed by atoms with Crippen LogP contribution in [0.4, 0.5) is 5.69 Å². The monoisotopic (exact) mass is 383 g/mol. The lowest BCUT2D eigenvalue weighted by atomic mass is 10.1. The lowest BCUT2D eigenvalue weighted by Crippen LogP contribution is -2.02. The number of nitro groups is 1. The van der Waals surface area contributed by atoms with Gasteiger partial charge in [-0.05, 0) is 5.56 Å². The van der Waals surface area contributed by atoms with Crippen molar-refractivity contribution in [2.45, 2.75) is 11.8 Å². The molecule has 6 heteroatoms. The van der Waals surface area contributed by atoms with Gasteiger partial charge in [-0.2, -0.15) is 0 Å². The van der Waals surface area contributed by atoms with E-state index in [-0.39, 0.29) is 5.69 Å². The lowest BCUT2D eigenvalue weighted by Gasteiger charge is -2.09. The zero-order chi connectivity index (χ0) is 16.9. The van der Waals surface area contributed by atoms with Crippen molar-refractivity contribution in [3.8, 4) is 11.4 Å². The molecule has 120 valence electrons. The van der Waals surface area contributed by atoms with Gasteiger partial charge >= 0.3 is 0 Å². The zero-order valence-corrected chi connectivity index (χ0v) is 14.3. The van der Waals surface area contributed by atoms with Crippen molar-refractivity contribution in [1.82, 2.24) is 9.97 Å². The Bertz CT molecular complexity index is 852. The number of benzene rings is 2. The summed E-state index contributed by atoms with van der Waals surface area (Å²) in [6.45, 7) is 0. The van der Waals surface area contributed by atoms with Gasteiger partial charge < -0.3 is 0 Å². The Morgan fingerprint density at radius 2 is 1.75 bits per heavy atom. The quantitative estimate of drug-likeness (QED) is 0.368. The minimum Gasteiger partial charge on any atom is -0.258 e. The second-order valence-corrected chi connectivity index (χ2v) is 5.83. The summed E-state index contributed by atoms with van der Waals surface area (Å²) in [7, 11) is 0. The Morgan fingerprint density at radius 3 is 2.38 bits per heavy atom. The lowest BCUT2D eigenvalue weighted by molar-refractivity contribution is -0.384. The molecule has 0 aliphatic carbocycles. The molecule has 0 saturated heterocycles. The van der Waals surface area contributed by atoms with Crippen molar-refractivity contribution >= 4 is 21.6 Å². The molecule has 1 heterocycles. The average molecular weight is 384 g/mol. The van der Waals surface area contributed by atoms with Gasteiger partial charge in [0, 0.05) is 41.2 Å². The Hall–Kier alpha value is -2.60. The number of alkyl halides is 1. The van der Waals surface area contributed by atoms with Crippen LogP contribution in [0, 0.1) is 10.1 Å². The van der Waals surface area contributed by atoms with Gasteiger partial charge in [0.25, 0.3) is 5.69 Å². The van der Waals surface area contributed by atoms with E-state index in [9.17, 15) is 10.1 Å². The molecule has 0 spiro atoms. The summed E-state index contributed by atoms with van der Waals surface area (Å²) in [5.41, 5.74) is 3.94. The summed E-state index contributed by atoms with van der Waals surface area (Å²) in [6, 6.07) is 16.4. The van der Waals surface area contributed by atoms with Crippen LogP contribution in [0.25, 0.3) is 11.4 Å². The van der Waals surface area contributed by atoms with E-state index in [2.05, 4.69) is 20.9 Å². The van der Waals surface area contributed by atoms with Crippen LogP contribution in [-0.2, 0) is 11.8 Å². The van der Waals surface area contributed by atoms with Crippen LogP contribution in [0.15, 0.2) is 60.8 Å². The molecule has 0 aliphatic heterocycles. The standard InChI is InChI=1S/C18H14BrN3O2/c19-11-15-12-20-18(14-4-2-1-3-5-14)21-17(15)10-13-6-8-16(9-7-13)22(23)24/h1-9,12H,10-11H2. The predicted octanol–water partition coefficient (Wildman–Crippen LogP) is 4.54. The normalized spacial score (nSPS) is 10.5. The molecular weight excluding hydrogens is 370 g/mol. The molecular formula is C18H14BrN3O2. The highest BCUT2D eigenvalue weighted by Gasteiger charge is 2.10. The topological polar surface area (TPSA) is 68.9 Å². The fourth-order valence-electron chi connectivity index (χ4n) is 2.36. The average Bonchev–Trinajstić information content (AvgIpc) is 2.63. The third-order valence-corrected chi connectivity index (χ3v) is 4.25. The second kappa shape index (κ2) is 7.31. The van der Waals surface area contributed by atoms with Crippen LogP contribution in [0.2, 0.25) is 0 Å². The maximum atomic E-state index is 10.8. The number of halogens is 1. The first-order valence-electron chi connectivity index (χ1n) is 7.37. The van der Waals surface area contributed by atoms with Crippen molar-refractivity contribution in [2.24, 2.45) is 0 Å². The van der Waals surface area contributed by atoms with Crippen LogP contribution >= 0.6 is 15.9 Å². The van der Waals surface area contributed by atoms with E-state index >= 15 is 0 Å². The molecule has 0 unspecified atom stereocenters. The van der Waals surface area contributed by atoms with Crippen molar-refractivity contribution in [2.75, 3.05) is 0 Å². The van der Waals surface area contributed by atoms with Crippen LogP contribution in [0.5, 0.6) is 0 Å². The van der Waals surface area contributed by atoms with E-state index in [0.29, 0.717) is 17.6 Å². The first kappa shape index (κ1) is 16.3. The van der Waals surface area contributed by atoms with E-state index in [1.54, 1.807) is 12.1 Å². The maximum Gasteiger partial charge on any atom is 0.269 e. The van der Waals surface area contributed by atoms with Crippen molar-refractivity contribution in [3.05, 3.63) is 87.7 Å². The smallest absolute Gasteiger partial charge is 0.258 e. The summed E-state index contributed by atoms with van der Waals surface area (Å²) in [6.07, 6.45) is 2.42. The summed E-state index contributed by atoms with van der Waals surface area (Å²) in [5, 5.41) is 11.4. The molecule has 3 aromatic rings. The minimum absolute atomic E-state index is 0.0899.